The highest BCUT2D eigenvalue weighted by Crippen LogP contribution is 2.21. The van der Waals surface area contributed by atoms with Crippen molar-refractivity contribution < 1.29 is 19.4 Å². The van der Waals surface area contributed by atoms with Gasteiger partial charge in [0.25, 0.3) is 0 Å². The molecule has 0 radical (unpaired) electrons. The van der Waals surface area contributed by atoms with E-state index in [1.165, 1.54) is 0 Å². The fourth-order valence-electron chi connectivity index (χ4n) is 3.05. The molecule has 0 unspecified atom stereocenters. The lowest BCUT2D eigenvalue weighted by Crippen LogP contribution is -2.18. The Kier molecular flexibility index (Phi) is 9.30. The van der Waals surface area contributed by atoms with E-state index in [2.05, 4.69) is 10.5 Å². The maximum absolute atomic E-state index is 12.0. The summed E-state index contributed by atoms with van der Waals surface area (Å²) in [6, 6.07) is 22.1. The number of rotatable bonds is 11. The van der Waals surface area contributed by atoms with Crippen LogP contribution in [0.1, 0.15) is 42.6 Å². The number of aliphatic hydroxyl groups excluding tert-OH is 1. The standard InChI is InChI=1S/C26H27ClN2O4/c1-2-32-22-13-9-20(10-14-22)25(30)15-16-26(31)29-28-17-19-7-11-23(12-8-19)33-18-21-5-3-4-6-24(21)27/h3-14,17,25,30H,2,15-16,18H2,1H3,(H,29,31)/b28-17-/t25-/m1/s1. The van der Waals surface area contributed by atoms with Gasteiger partial charge in [-0.25, -0.2) is 5.43 Å². The number of amides is 1. The molecule has 0 saturated heterocycles. The first-order chi connectivity index (χ1) is 16.0. The van der Waals surface area contributed by atoms with Gasteiger partial charge < -0.3 is 14.6 Å². The van der Waals surface area contributed by atoms with Crippen LogP contribution in [0.2, 0.25) is 5.02 Å². The van der Waals surface area contributed by atoms with Crippen LogP contribution >= 0.6 is 11.6 Å². The van der Waals surface area contributed by atoms with Crippen molar-refractivity contribution in [3.05, 3.63) is 94.5 Å². The molecule has 3 aromatic carbocycles. The van der Waals surface area contributed by atoms with Gasteiger partial charge in [-0.15, -0.1) is 0 Å². The third-order valence-electron chi connectivity index (χ3n) is 4.86. The maximum atomic E-state index is 12.0. The molecule has 7 heteroatoms. The van der Waals surface area contributed by atoms with E-state index < -0.39 is 6.10 Å². The Morgan fingerprint density at radius 2 is 1.70 bits per heavy atom. The van der Waals surface area contributed by atoms with E-state index in [-0.39, 0.29) is 12.3 Å². The van der Waals surface area contributed by atoms with Crippen LogP contribution in [0.4, 0.5) is 0 Å². The van der Waals surface area contributed by atoms with E-state index in [4.69, 9.17) is 21.1 Å². The third kappa shape index (κ3) is 7.93. The molecule has 0 aliphatic heterocycles. The fourth-order valence-corrected chi connectivity index (χ4v) is 3.24. The van der Waals surface area contributed by atoms with Gasteiger partial charge in [-0.2, -0.15) is 5.10 Å². The van der Waals surface area contributed by atoms with Gasteiger partial charge in [0.05, 0.1) is 18.9 Å². The quantitative estimate of drug-likeness (QED) is 0.297. The fraction of sp³-hybridized carbons (Fsp3) is 0.231. The summed E-state index contributed by atoms with van der Waals surface area (Å²) in [4.78, 5) is 12.0. The Bertz CT molecular complexity index is 1050. The van der Waals surface area contributed by atoms with Crippen molar-refractivity contribution in [2.45, 2.75) is 32.5 Å². The molecule has 0 heterocycles. The predicted molar refractivity (Wildman–Crippen MR) is 130 cm³/mol. The van der Waals surface area contributed by atoms with Crippen LogP contribution in [-0.4, -0.2) is 23.8 Å². The summed E-state index contributed by atoms with van der Waals surface area (Å²) >= 11 is 6.14. The number of carbonyl (C=O) groups is 1. The monoisotopic (exact) mass is 466 g/mol. The average Bonchev–Trinajstić information content (AvgIpc) is 2.83. The molecule has 0 aliphatic rings. The number of carbonyl (C=O) groups excluding carboxylic acids is 1. The highest BCUT2D eigenvalue weighted by Gasteiger charge is 2.10. The minimum Gasteiger partial charge on any atom is -0.494 e. The Morgan fingerprint density at radius 3 is 2.39 bits per heavy atom. The molecule has 0 aliphatic carbocycles. The molecule has 1 atom stereocenters. The second kappa shape index (κ2) is 12.6. The van der Waals surface area contributed by atoms with Crippen LogP contribution in [0, 0.1) is 0 Å². The summed E-state index contributed by atoms with van der Waals surface area (Å²) in [6.45, 7) is 2.88. The third-order valence-corrected chi connectivity index (χ3v) is 5.22. The average molecular weight is 467 g/mol. The highest BCUT2D eigenvalue weighted by atomic mass is 35.5. The van der Waals surface area contributed by atoms with Crippen LogP contribution in [-0.2, 0) is 11.4 Å². The van der Waals surface area contributed by atoms with Gasteiger partial charge in [0, 0.05) is 17.0 Å². The molecule has 3 aromatic rings. The van der Waals surface area contributed by atoms with E-state index in [1.54, 1.807) is 30.5 Å². The smallest absolute Gasteiger partial charge is 0.240 e. The second-order valence-corrected chi connectivity index (χ2v) is 7.71. The van der Waals surface area contributed by atoms with Gasteiger partial charge >= 0.3 is 0 Å². The maximum Gasteiger partial charge on any atom is 0.240 e. The zero-order chi connectivity index (χ0) is 23.5. The molecule has 0 saturated carbocycles. The van der Waals surface area contributed by atoms with Crippen molar-refractivity contribution in [1.29, 1.82) is 0 Å². The number of aliphatic hydroxyl groups is 1. The molecule has 0 fully saturated rings. The van der Waals surface area contributed by atoms with E-state index in [0.717, 1.165) is 22.4 Å². The second-order valence-electron chi connectivity index (χ2n) is 7.30. The van der Waals surface area contributed by atoms with Gasteiger partial charge in [-0.3, -0.25) is 4.79 Å². The molecule has 172 valence electrons. The molecular formula is C26H27ClN2O4. The van der Waals surface area contributed by atoms with Crippen molar-refractivity contribution in [3.63, 3.8) is 0 Å². The van der Waals surface area contributed by atoms with Crippen LogP contribution in [0.3, 0.4) is 0 Å². The van der Waals surface area contributed by atoms with Gasteiger partial charge in [0.1, 0.15) is 18.1 Å². The molecule has 0 spiro atoms. The Balaban J connectivity index is 1.40. The van der Waals surface area contributed by atoms with Crippen LogP contribution in [0.25, 0.3) is 0 Å². The first-order valence-corrected chi connectivity index (χ1v) is 11.1. The topological polar surface area (TPSA) is 80.2 Å². The summed E-state index contributed by atoms with van der Waals surface area (Å²) in [6.07, 6.45) is 1.28. The number of nitrogens with zero attached hydrogens (tertiary/aromatic N) is 1. The van der Waals surface area contributed by atoms with Gasteiger partial charge in [0.15, 0.2) is 0 Å². The van der Waals surface area contributed by atoms with Crippen LogP contribution in [0.15, 0.2) is 77.9 Å². The van der Waals surface area contributed by atoms with E-state index in [9.17, 15) is 9.90 Å². The number of hydrogen-bond donors (Lipinski definition) is 2. The van der Waals surface area contributed by atoms with Crippen molar-refractivity contribution >= 4 is 23.7 Å². The van der Waals surface area contributed by atoms with Gasteiger partial charge in [0.2, 0.25) is 5.91 Å². The molecule has 33 heavy (non-hydrogen) atoms. The Hall–Kier alpha value is -3.35. The summed E-state index contributed by atoms with van der Waals surface area (Å²) in [5, 5.41) is 14.9. The zero-order valence-corrected chi connectivity index (χ0v) is 19.2. The molecule has 3 rings (SSSR count). The highest BCUT2D eigenvalue weighted by molar-refractivity contribution is 6.31. The minimum absolute atomic E-state index is 0.153. The molecule has 1 amide bonds. The molecule has 2 N–H and O–H groups in total. The first-order valence-electron chi connectivity index (χ1n) is 10.7. The lowest BCUT2D eigenvalue weighted by atomic mass is 10.0. The summed E-state index contributed by atoms with van der Waals surface area (Å²) in [7, 11) is 0. The number of ether oxygens (including phenoxy) is 2. The summed E-state index contributed by atoms with van der Waals surface area (Å²) < 4.78 is 11.1. The normalized spacial score (nSPS) is 11.8. The summed E-state index contributed by atoms with van der Waals surface area (Å²) in [5.41, 5.74) is 4.96. The lowest BCUT2D eigenvalue weighted by Gasteiger charge is -2.11. The number of hydrazone groups is 1. The molecule has 0 bridgehead atoms. The molecular weight excluding hydrogens is 440 g/mol. The molecule has 6 nitrogen and oxygen atoms in total. The van der Waals surface area contributed by atoms with Crippen LogP contribution < -0.4 is 14.9 Å². The van der Waals surface area contributed by atoms with Crippen LogP contribution in [0.5, 0.6) is 11.5 Å². The number of halogens is 1. The van der Waals surface area contributed by atoms with Crippen molar-refractivity contribution in [2.24, 2.45) is 5.10 Å². The SMILES string of the molecule is CCOc1ccc([C@H](O)CCC(=O)N/N=C\c2ccc(OCc3ccccc3Cl)cc2)cc1. The lowest BCUT2D eigenvalue weighted by molar-refractivity contribution is -0.121. The number of benzene rings is 3. The predicted octanol–water partition coefficient (Wildman–Crippen LogP) is 5.28. The first kappa shape index (κ1) is 24.3. The van der Waals surface area contributed by atoms with Gasteiger partial charge in [-0.05, 0) is 66.9 Å². The largest absolute Gasteiger partial charge is 0.494 e. The summed E-state index contributed by atoms with van der Waals surface area (Å²) in [5.74, 6) is 1.19. The molecule has 0 aromatic heterocycles. The van der Waals surface area contributed by atoms with Crippen molar-refractivity contribution in [1.82, 2.24) is 5.43 Å². The van der Waals surface area contributed by atoms with E-state index in [0.29, 0.717) is 30.4 Å². The van der Waals surface area contributed by atoms with Crippen molar-refractivity contribution in [2.75, 3.05) is 6.61 Å². The Morgan fingerprint density at radius 1 is 1.03 bits per heavy atom. The van der Waals surface area contributed by atoms with Crippen molar-refractivity contribution in [3.8, 4) is 11.5 Å². The minimum atomic E-state index is -0.728. The van der Waals surface area contributed by atoms with Gasteiger partial charge in [-0.1, -0.05) is 41.9 Å². The van der Waals surface area contributed by atoms with E-state index in [1.807, 2.05) is 55.5 Å². The Labute approximate surface area is 198 Å². The number of nitrogens with one attached hydrogen (secondary N) is 1. The number of hydrogen-bond acceptors (Lipinski definition) is 5. The zero-order valence-electron chi connectivity index (χ0n) is 18.4. The van der Waals surface area contributed by atoms with E-state index >= 15 is 0 Å².